The van der Waals surface area contributed by atoms with Crippen LogP contribution in [0.25, 0.3) is 0 Å². The molecule has 0 saturated carbocycles. The Hall–Kier alpha value is -0.763. The van der Waals surface area contributed by atoms with Gasteiger partial charge in [0.05, 0.1) is 14.7 Å². The van der Waals surface area contributed by atoms with E-state index in [-0.39, 0.29) is 0 Å². The Bertz CT molecular complexity index is 285. The van der Waals surface area contributed by atoms with E-state index in [2.05, 4.69) is 20.8 Å². The first-order chi connectivity index (χ1) is 8.26. The molecule has 2 heteroatoms. The molecule has 0 radical (unpaired) electrons. The van der Waals surface area contributed by atoms with Crippen LogP contribution in [0.1, 0.15) is 27.2 Å². The average Bonchev–Trinajstić information content (AvgIpc) is 2.41. The van der Waals surface area contributed by atoms with Gasteiger partial charge in [-0.15, -0.1) is 0 Å². The molecule has 0 heterocycles. The molecule has 17 heavy (non-hydrogen) atoms. The van der Waals surface area contributed by atoms with E-state index in [1.807, 2.05) is 30.3 Å². The zero-order valence-corrected chi connectivity index (χ0v) is 12.5. The van der Waals surface area contributed by atoms with E-state index < -0.39 is 8.07 Å². The van der Waals surface area contributed by atoms with Gasteiger partial charge in [-0.05, 0) is 18.6 Å². The molecular formula is C15H26OSi. The topological polar surface area (TPSA) is 9.23 Å². The number of para-hydroxylation sites is 1. The number of hydrogen-bond acceptors (Lipinski definition) is 1. The molecule has 0 saturated heterocycles. The molecule has 0 fully saturated rings. The summed E-state index contributed by atoms with van der Waals surface area (Å²) in [6, 6.07) is 15.8. The van der Waals surface area contributed by atoms with Crippen LogP contribution in [-0.4, -0.2) is 14.7 Å². The van der Waals surface area contributed by atoms with Crippen LogP contribution >= 0.6 is 0 Å². The van der Waals surface area contributed by atoms with Gasteiger partial charge in [0.25, 0.3) is 0 Å². The van der Waals surface area contributed by atoms with Crippen molar-refractivity contribution in [3.05, 3.63) is 30.3 Å². The number of hydrogen-bond donors (Lipinski definition) is 0. The third-order valence-corrected chi connectivity index (χ3v) is 10.0. The van der Waals surface area contributed by atoms with Crippen LogP contribution in [0, 0.1) is 0 Å². The van der Waals surface area contributed by atoms with Gasteiger partial charge >= 0.3 is 0 Å². The lowest BCUT2D eigenvalue weighted by Gasteiger charge is -2.27. The molecule has 0 aliphatic heterocycles. The van der Waals surface area contributed by atoms with Crippen molar-refractivity contribution in [2.75, 3.05) is 6.61 Å². The van der Waals surface area contributed by atoms with Crippen LogP contribution in [0.4, 0.5) is 0 Å². The number of ether oxygens (including phenoxy) is 1. The highest BCUT2D eigenvalue weighted by atomic mass is 28.3. The lowest BCUT2D eigenvalue weighted by Crippen LogP contribution is -2.31. The van der Waals surface area contributed by atoms with Gasteiger partial charge in [0.15, 0.2) is 0 Å². The summed E-state index contributed by atoms with van der Waals surface area (Å²) in [6.45, 7) is 7.99. The van der Waals surface area contributed by atoms with Crippen LogP contribution in [0.15, 0.2) is 30.3 Å². The Morgan fingerprint density at radius 1 is 0.941 bits per heavy atom. The normalized spacial score (nSPS) is 11.5. The molecule has 1 aromatic rings. The highest BCUT2D eigenvalue weighted by Gasteiger charge is 2.25. The minimum Gasteiger partial charge on any atom is -0.494 e. The van der Waals surface area contributed by atoms with Crippen LogP contribution in [0.3, 0.4) is 0 Å². The summed E-state index contributed by atoms with van der Waals surface area (Å²) in [6.07, 6.45) is 1.22. The van der Waals surface area contributed by atoms with Gasteiger partial charge in [-0.2, -0.15) is 0 Å². The Morgan fingerprint density at radius 3 is 2.06 bits per heavy atom. The molecule has 0 aliphatic carbocycles. The van der Waals surface area contributed by atoms with Crippen molar-refractivity contribution < 1.29 is 4.74 Å². The maximum absolute atomic E-state index is 5.76. The van der Waals surface area contributed by atoms with Gasteiger partial charge in [-0.3, -0.25) is 0 Å². The predicted octanol–water partition coefficient (Wildman–Crippen LogP) is 4.96. The summed E-state index contributed by atoms with van der Waals surface area (Å²) < 4.78 is 5.76. The predicted molar refractivity (Wildman–Crippen MR) is 78.6 cm³/mol. The molecule has 1 aromatic carbocycles. The van der Waals surface area contributed by atoms with Crippen LogP contribution in [0.5, 0.6) is 5.75 Å². The molecule has 0 unspecified atom stereocenters. The van der Waals surface area contributed by atoms with E-state index in [9.17, 15) is 0 Å². The molecule has 0 spiro atoms. The largest absolute Gasteiger partial charge is 0.494 e. The van der Waals surface area contributed by atoms with Crippen molar-refractivity contribution >= 4 is 8.07 Å². The Balaban J connectivity index is 2.28. The summed E-state index contributed by atoms with van der Waals surface area (Å²) in [7, 11) is -0.936. The van der Waals surface area contributed by atoms with Gasteiger partial charge in [0, 0.05) is 0 Å². The summed E-state index contributed by atoms with van der Waals surface area (Å²) >= 11 is 0. The van der Waals surface area contributed by atoms with Crippen molar-refractivity contribution in [1.29, 1.82) is 0 Å². The molecule has 0 aliphatic rings. The highest BCUT2D eigenvalue weighted by molar-refractivity contribution is 6.79. The third kappa shape index (κ3) is 4.54. The molecule has 1 nitrogen and oxygen atoms in total. The molecule has 96 valence electrons. The van der Waals surface area contributed by atoms with Crippen LogP contribution in [0.2, 0.25) is 24.2 Å². The van der Waals surface area contributed by atoms with Crippen molar-refractivity contribution in [2.24, 2.45) is 0 Å². The summed E-state index contributed by atoms with van der Waals surface area (Å²) in [4.78, 5) is 0. The van der Waals surface area contributed by atoms with E-state index in [0.717, 1.165) is 12.4 Å². The molecule has 0 N–H and O–H groups in total. The van der Waals surface area contributed by atoms with Gasteiger partial charge in [0.1, 0.15) is 5.75 Å². The average molecular weight is 250 g/mol. The first-order valence-corrected chi connectivity index (χ1v) is 9.77. The maximum atomic E-state index is 5.76. The molecule has 0 atom stereocenters. The standard InChI is InChI=1S/C15H26OSi/c1-4-17(5-2,6-3)14-10-13-16-15-11-8-7-9-12-15/h7-9,11-12H,4-6,10,13-14H2,1-3H3. The van der Waals surface area contributed by atoms with Crippen molar-refractivity contribution in [1.82, 2.24) is 0 Å². The van der Waals surface area contributed by atoms with Crippen molar-refractivity contribution in [2.45, 2.75) is 51.4 Å². The second-order valence-corrected chi connectivity index (χ2v) is 10.4. The summed E-state index contributed by atoms with van der Waals surface area (Å²) in [5, 5.41) is 0. The van der Waals surface area contributed by atoms with Crippen LogP contribution < -0.4 is 4.74 Å². The minimum atomic E-state index is -0.936. The molecular weight excluding hydrogens is 224 g/mol. The summed E-state index contributed by atoms with van der Waals surface area (Å²) in [5.41, 5.74) is 0. The number of rotatable bonds is 8. The first kappa shape index (κ1) is 14.3. The maximum Gasteiger partial charge on any atom is 0.119 e. The second kappa shape index (κ2) is 7.54. The Labute approximate surface area is 107 Å². The SMILES string of the molecule is CC[Si](CC)(CC)CCCOc1ccccc1. The lowest BCUT2D eigenvalue weighted by molar-refractivity contribution is 0.316. The monoisotopic (exact) mass is 250 g/mol. The van der Waals surface area contributed by atoms with E-state index in [4.69, 9.17) is 4.74 Å². The van der Waals surface area contributed by atoms with E-state index in [1.54, 1.807) is 0 Å². The Morgan fingerprint density at radius 2 is 1.53 bits per heavy atom. The van der Waals surface area contributed by atoms with Crippen molar-refractivity contribution in [3.8, 4) is 5.75 Å². The highest BCUT2D eigenvalue weighted by Crippen LogP contribution is 2.26. The zero-order chi connectivity index (χ0) is 12.6. The van der Waals surface area contributed by atoms with Gasteiger partial charge < -0.3 is 4.74 Å². The van der Waals surface area contributed by atoms with E-state index in [0.29, 0.717) is 0 Å². The fourth-order valence-corrected chi connectivity index (χ4v) is 5.89. The quantitative estimate of drug-likeness (QED) is 0.468. The zero-order valence-electron chi connectivity index (χ0n) is 11.5. The molecule has 1 rings (SSSR count). The van der Waals surface area contributed by atoms with Gasteiger partial charge in [-0.25, -0.2) is 0 Å². The molecule has 0 aromatic heterocycles. The summed E-state index contributed by atoms with van der Waals surface area (Å²) in [5.74, 6) is 1.00. The Kier molecular flexibility index (Phi) is 6.34. The lowest BCUT2D eigenvalue weighted by atomic mass is 10.3. The second-order valence-electron chi connectivity index (χ2n) is 4.83. The van der Waals surface area contributed by atoms with Gasteiger partial charge in [-0.1, -0.05) is 63.1 Å². The first-order valence-electron chi connectivity index (χ1n) is 6.94. The molecule has 0 bridgehead atoms. The van der Waals surface area contributed by atoms with Crippen LogP contribution in [-0.2, 0) is 0 Å². The van der Waals surface area contributed by atoms with E-state index in [1.165, 1.54) is 30.6 Å². The van der Waals surface area contributed by atoms with E-state index >= 15 is 0 Å². The smallest absolute Gasteiger partial charge is 0.119 e. The fraction of sp³-hybridized carbons (Fsp3) is 0.600. The fourth-order valence-electron chi connectivity index (χ4n) is 2.43. The number of benzene rings is 1. The third-order valence-electron chi connectivity index (χ3n) is 4.11. The molecule has 0 amide bonds. The van der Waals surface area contributed by atoms with Gasteiger partial charge in [0.2, 0.25) is 0 Å². The minimum absolute atomic E-state index is 0.874. The van der Waals surface area contributed by atoms with Crippen molar-refractivity contribution in [3.63, 3.8) is 0 Å².